The first-order valence-electron chi connectivity index (χ1n) is 7.00. The second kappa shape index (κ2) is 6.87. The van der Waals surface area contributed by atoms with Gasteiger partial charge in [0.2, 0.25) is 0 Å². The second-order valence-electron chi connectivity index (χ2n) is 5.20. The quantitative estimate of drug-likeness (QED) is 0.539. The summed E-state index contributed by atoms with van der Waals surface area (Å²) >= 11 is 3.25. The predicted molar refractivity (Wildman–Crippen MR) is 81.4 cm³/mol. The van der Waals surface area contributed by atoms with Crippen molar-refractivity contribution in [2.24, 2.45) is 0 Å². The summed E-state index contributed by atoms with van der Waals surface area (Å²) < 4.78 is 0.968. The van der Waals surface area contributed by atoms with E-state index in [1.54, 1.807) is 23.1 Å². The average molecular weight is 315 g/mol. The summed E-state index contributed by atoms with van der Waals surface area (Å²) in [5, 5.41) is 21.9. The molecule has 1 unspecified atom stereocenters. The van der Waals surface area contributed by atoms with Crippen molar-refractivity contribution >= 4 is 29.1 Å². The van der Waals surface area contributed by atoms with Crippen LogP contribution in [0.3, 0.4) is 0 Å². The third-order valence-electron chi connectivity index (χ3n) is 3.55. The van der Waals surface area contributed by atoms with Gasteiger partial charge in [0.25, 0.3) is 0 Å². The molecular formula is C13H21N3O2S2. The van der Waals surface area contributed by atoms with Gasteiger partial charge in [0.05, 0.1) is 0 Å². The third kappa shape index (κ3) is 4.17. The highest BCUT2D eigenvalue weighted by Crippen LogP contribution is 2.29. The fourth-order valence-corrected chi connectivity index (χ4v) is 3.98. The molecule has 112 valence electrons. The van der Waals surface area contributed by atoms with Crippen LogP contribution in [0.2, 0.25) is 0 Å². The van der Waals surface area contributed by atoms with Crippen molar-refractivity contribution in [3.8, 4) is 0 Å². The normalized spacial score (nSPS) is 17.9. The van der Waals surface area contributed by atoms with E-state index in [9.17, 15) is 9.90 Å². The molecular weight excluding hydrogens is 294 g/mol. The van der Waals surface area contributed by atoms with Gasteiger partial charge in [-0.1, -0.05) is 30.0 Å². The molecule has 1 aromatic rings. The number of aryl methyl sites for hydroxylation is 1. The molecule has 1 aliphatic carbocycles. The number of nitrogens with zero attached hydrogens (tertiary/aromatic N) is 2. The van der Waals surface area contributed by atoms with Gasteiger partial charge < -0.3 is 5.11 Å². The number of nitrogens with one attached hydrogen (secondary N) is 1. The molecule has 5 nitrogen and oxygen atoms in total. The minimum atomic E-state index is -0.751. The van der Waals surface area contributed by atoms with Crippen LogP contribution in [0.1, 0.15) is 44.0 Å². The number of carboxylic acid groups (broad SMARTS) is 1. The van der Waals surface area contributed by atoms with Crippen molar-refractivity contribution in [3.63, 3.8) is 0 Å². The van der Waals surface area contributed by atoms with Gasteiger partial charge >= 0.3 is 5.97 Å². The summed E-state index contributed by atoms with van der Waals surface area (Å²) in [6, 6.07) is 0.407. The van der Waals surface area contributed by atoms with E-state index in [0.29, 0.717) is 18.9 Å². The molecule has 2 rings (SSSR count). The van der Waals surface area contributed by atoms with Gasteiger partial charge in [-0.25, -0.2) is 0 Å². The third-order valence-corrected chi connectivity index (χ3v) is 5.61. The molecule has 0 spiro atoms. The van der Waals surface area contributed by atoms with Gasteiger partial charge in [-0.3, -0.25) is 10.1 Å². The number of aromatic nitrogens is 2. The lowest BCUT2D eigenvalue weighted by Gasteiger charge is -2.29. The fourth-order valence-electron chi connectivity index (χ4n) is 2.16. The molecule has 1 atom stereocenters. The standard InChI is InChI=1S/C13H21N3O2S2/c1-3-13(11(17)18,14-10-5-6-10)7-4-8-19-12-16-15-9(2)20-12/h10,14H,3-8H2,1-2H3,(H,17,18). The van der Waals surface area contributed by atoms with Crippen molar-refractivity contribution in [1.82, 2.24) is 15.5 Å². The molecule has 1 aromatic heterocycles. The number of carboxylic acids is 1. The maximum atomic E-state index is 11.6. The monoisotopic (exact) mass is 315 g/mol. The van der Waals surface area contributed by atoms with Crippen LogP contribution >= 0.6 is 23.1 Å². The highest BCUT2D eigenvalue weighted by molar-refractivity contribution is 8.01. The number of rotatable bonds is 9. The molecule has 1 fully saturated rings. The largest absolute Gasteiger partial charge is 0.480 e. The second-order valence-corrected chi connectivity index (χ2v) is 7.72. The molecule has 20 heavy (non-hydrogen) atoms. The van der Waals surface area contributed by atoms with Gasteiger partial charge in [-0.2, -0.15) is 0 Å². The van der Waals surface area contributed by atoms with Crippen LogP contribution in [0.5, 0.6) is 0 Å². The zero-order chi connectivity index (χ0) is 14.6. The van der Waals surface area contributed by atoms with Crippen LogP contribution in [0.4, 0.5) is 0 Å². The minimum absolute atomic E-state index is 0.407. The Kier molecular flexibility index (Phi) is 5.40. The van der Waals surface area contributed by atoms with E-state index < -0.39 is 11.5 Å². The zero-order valence-corrected chi connectivity index (χ0v) is 13.5. The topological polar surface area (TPSA) is 75.1 Å². The first kappa shape index (κ1) is 15.7. The Hall–Kier alpha value is -0.660. The fraction of sp³-hybridized carbons (Fsp3) is 0.769. The molecule has 0 aromatic carbocycles. The Morgan fingerprint density at radius 2 is 2.30 bits per heavy atom. The first-order valence-corrected chi connectivity index (χ1v) is 8.80. The van der Waals surface area contributed by atoms with Crippen LogP contribution in [-0.2, 0) is 4.79 Å². The summed E-state index contributed by atoms with van der Waals surface area (Å²) in [5.41, 5.74) is -0.751. The van der Waals surface area contributed by atoms with Gasteiger partial charge in [0.1, 0.15) is 10.5 Å². The van der Waals surface area contributed by atoms with E-state index in [1.807, 2.05) is 13.8 Å². The van der Waals surface area contributed by atoms with Crippen molar-refractivity contribution in [3.05, 3.63) is 5.01 Å². The van der Waals surface area contributed by atoms with Gasteiger partial charge in [0.15, 0.2) is 4.34 Å². The number of carbonyl (C=O) groups is 1. The Labute approximate surface area is 127 Å². The Morgan fingerprint density at radius 3 is 2.80 bits per heavy atom. The maximum Gasteiger partial charge on any atom is 0.323 e. The van der Waals surface area contributed by atoms with E-state index in [1.165, 1.54) is 0 Å². The van der Waals surface area contributed by atoms with Gasteiger partial charge in [-0.05, 0) is 39.0 Å². The van der Waals surface area contributed by atoms with Crippen LogP contribution in [0, 0.1) is 6.92 Å². The number of thioether (sulfide) groups is 1. The SMILES string of the molecule is CCC(CCCSc1nnc(C)s1)(NC1CC1)C(=O)O. The molecule has 7 heteroatoms. The van der Waals surface area contributed by atoms with Crippen molar-refractivity contribution < 1.29 is 9.90 Å². The lowest BCUT2D eigenvalue weighted by atomic mass is 9.90. The van der Waals surface area contributed by atoms with E-state index in [2.05, 4.69) is 15.5 Å². The molecule has 1 aliphatic rings. The van der Waals surface area contributed by atoms with Gasteiger partial charge in [-0.15, -0.1) is 10.2 Å². The lowest BCUT2D eigenvalue weighted by molar-refractivity contribution is -0.145. The molecule has 1 heterocycles. The number of hydrogen-bond donors (Lipinski definition) is 2. The number of aliphatic carboxylic acids is 1. The Bertz CT molecular complexity index is 462. The maximum absolute atomic E-state index is 11.6. The summed E-state index contributed by atoms with van der Waals surface area (Å²) in [4.78, 5) is 11.6. The molecule has 0 aliphatic heterocycles. The van der Waals surface area contributed by atoms with Crippen LogP contribution < -0.4 is 5.32 Å². The highest BCUT2D eigenvalue weighted by Gasteiger charge is 2.40. The summed E-state index contributed by atoms with van der Waals surface area (Å²) in [6.45, 7) is 3.89. The van der Waals surface area contributed by atoms with Crippen LogP contribution in [-0.4, -0.2) is 38.6 Å². The highest BCUT2D eigenvalue weighted by atomic mass is 32.2. The predicted octanol–water partition coefficient (Wildman–Crippen LogP) is 2.70. The van der Waals surface area contributed by atoms with E-state index in [-0.39, 0.29) is 0 Å². The molecule has 0 amide bonds. The average Bonchev–Trinajstić information content (AvgIpc) is 3.13. The Morgan fingerprint density at radius 1 is 1.55 bits per heavy atom. The molecule has 0 radical (unpaired) electrons. The molecule has 1 saturated carbocycles. The van der Waals surface area contributed by atoms with Crippen molar-refractivity contribution in [1.29, 1.82) is 0 Å². The van der Waals surface area contributed by atoms with Crippen LogP contribution in [0.15, 0.2) is 4.34 Å². The molecule has 2 N–H and O–H groups in total. The summed E-state index contributed by atoms with van der Waals surface area (Å²) in [6.07, 6.45) is 4.37. The van der Waals surface area contributed by atoms with E-state index in [0.717, 1.165) is 34.4 Å². The first-order chi connectivity index (χ1) is 9.55. The minimum Gasteiger partial charge on any atom is -0.480 e. The van der Waals surface area contributed by atoms with Gasteiger partial charge in [0, 0.05) is 11.8 Å². The van der Waals surface area contributed by atoms with Crippen molar-refractivity contribution in [2.75, 3.05) is 5.75 Å². The zero-order valence-electron chi connectivity index (χ0n) is 11.9. The molecule has 0 saturated heterocycles. The lowest BCUT2D eigenvalue weighted by Crippen LogP contribution is -2.52. The van der Waals surface area contributed by atoms with Crippen LogP contribution in [0.25, 0.3) is 0 Å². The summed E-state index contributed by atoms with van der Waals surface area (Å²) in [7, 11) is 0. The Balaban J connectivity index is 1.80. The number of hydrogen-bond acceptors (Lipinski definition) is 6. The molecule has 0 bridgehead atoms. The summed E-state index contributed by atoms with van der Waals surface area (Å²) in [5.74, 6) is 0.166. The van der Waals surface area contributed by atoms with E-state index >= 15 is 0 Å². The van der Waals surface area contributed by atoms with Crippen molar-refractivity contribution in [2.45, 2.75) is 61.9 Å². The smallest absolute Gasteiger partial charge is 0.323 e. The van der Waals surface area contributed by atoms with E-state index in [4.69, 9.17) is 0 Å².